The maximum Gasteiger partial charge on any atom is 0.283 e. The van der Waals surface area contributed by atoms with Gasteiger partial charge in [-0.1, -0.05) is 17.7 Å². The van der Waals surface area contributed by atoms with Crippen LogP contribution in [0.4, 0.5) is 14.5 Å². The van der Waals surface area contributed by atoms with Crippen molar-refractivity contribution >= 4 is 39.1 Å². The largest absolute Gasteiger partial charge is 0.324 e. The first-order chi connectivity index (χ1) is 11.4. The van der Waals surface area contributed by atoms with E-state index < -0.39 is 6.43 Å². The third-order valence-electron chi connectivity index (χ3n) is 3.96. The van der Waals surface area contributed by atoms with Crippen LogP contribution >= 0.6 is 27.5 Å². The Morgan fingerprint density at radius 3 is 2.83 bits per heavy atom. The fourth-order valence-electron chi connectivity index (χ4n) is 2.55. The van der Waals surface area contributed by atoms with Gasteiger partial charge in [-0.2, -0.15) is 5.10 Å². The number of halogens is 4. The second-order valence-corrected chi connectivity index (χ2v) is 6.98. The lowest BCUT2D eigenvalue weighted by molar-refractivity contribution is -0.117. The number of rotatable bonds is 5. The topological polar surface area (TPSA) is 46.9 Å². The first-order valence-electron chi connectivity index (χ1n) is 7.47. The van der Waals surface area contributed by atoms with Crippen molar-refractivity contribution in [3.63, 3.8) is 0 Å². The van der Waals surface area contributed by atoms with Crippen LogP contribution in [0.1, 0.15) is 42.1 Å². The highest BCUT2D eigenvalue weighted by Gasteiger charge is 2.34. The molecule has 0 bridgehead atoms. The predicted molar refractivity (Wildman–Crippen MR) is 91.7 cm³/mol. The summed E-state index contributed by atoms with van der Waals surface area (Å²) in [5.74, 6) is -0.154. The lowest BCUT2D eigenvalue weighted by Crippen LogP contribution is -2.21. The van der Waals surface area contributed by atoms with Crippen LogP contribution in [-0.4, -0.2) is 15.7 Å². The monoisotopic (exact) mass is 417 g/mol. The molecule has 1 aliphatic rings. The van der Waals surface area contributed by atoms with E-state index in [0.29, 0.717) is 20.9 Å². The minimum absolute atomic E-state index is 0.122. The fraction of sp³-hybridized carbons (Fsp3) is 0.375. The minimum Gasteiger partial charge on any atom is -0.324 e. The maximum atomic E-state index is 13.1. The van der Waals surface area contributed by atoms with Crippen molar-refractivity contribution in [1.29, 1.82) is 0 Å². The van der Waals surface area contributed by atoms with Gasteiger partial charge in [-0.25, -0.2) is 8.78 Å². The summed E-state index contributed by atoms with van der Waals surface area (Å²) in [7, 11) is 0. The Balaban J connectivity index is 1.81. The van der Waals surface area contributed by atoms with E-state index >= 15 is 0 Å². The minimum atomic E-state index is -2.68. The third-order valence-corrected chi connectivity index (χ3v) is 5.18. The van der Waals surface area contributed by atoms with E-state index in [1.165, 1.54) is 4.68 Å². The zero-order chi connectivity index (χ0) is 17.4. The Morgan fingerprint density at radius 1 is 1.50 bits per heavy atom. The normalized spacial score (nSPS) is 14.2. The first-order valence-corrected chi connectivity index (χ1v) is 8.64. The summed E-state index contributed by atoms with van der Waals surface area (Å²) in [6.07, 6.45) is -0.847. The molecule has 3 rings (SSSR count). The van der Waals surface area contributed by atoms with E-state index in [-0.39, 0.29) is 24.1 Å². The Hall–Kier alpha value is -1.47. The van der Waals surface area contributed by atoms with Gasteiger partial charge < -0.3 is 5.32 Å². The predicted octanol–water partition coefficient (Wildman–Crippen LogP) is 5.06. The van der Waals surface area contributed by atoms with E-state index in [4.69, 9.17) is 11.6 Å². The number of nitrogens with one attached hydrogen (secondary N) is 1. The molecule has 24 heavy (non-hydrogen) atoms. The number of alkyl halides is 2. The van der Waals surface area contributed by atoms with Gasteiger partial charge in [-0.05, 0) is 53.4 Å². The van der Waals surface area contributed by atoms with E-state index in [9.17, 15) is 13.6 Å². The second kappa shape index (κ2) is 6.80. The highest BCUT2D eigenvalue weighted by Crippen LogP contribution is 2.45. The zero-order valence-corrected chi connectivity index (χ0v) is 15.2. The summed E-state index contributed by atoms with van der Waals surface area (Å²) >= 11 is 9.24. The SMILES string of the molecule is Cc1c(Cl)cccc1NC(=O)Cn1nc(C(F)F)c(Br)c1C1CC1. The number of amides is 1. The lowest BCUT2D eigenvalue weighted by atomic mass is 10.2. The summed E-state index contributed by atoms with van der Waals surface area (Å²) in [4.78, 5) is 12.3. The van der Waals surface area contributed by atoms with E-state index in [0.717, 1.165) is 18.4 Å². The average Bonchev–Trinajstić information content (AvgIpc) is 3.28. The van der Waals surface area contributed by atoms with E-state index in [2.05, 4.69) is 26.3 Å². The average molecular weight is 419 g/mol. The molecule has 1 N–H and O–H groups in total. The highest BCUT2D eigenvalue weighted by molar-refractivity contribution is 9.10. The summed E-state index contributed by atoms with van der Waals surface area (Å²) in [6, 6.07) is 5.21. The summed E-state index contributed by atoms with van der Waals surface area (Å²) in [5.41, 5.74) is 1.71. The standard InChI is InChI=1S/C16H15BrClF2N3O/c1-8-10(18)3-2-4-11(8)21-12(24)7-23-15(9-5-6-9)13(17)14(22-23)16(19)20/h2-4,9,16H,5-7H2,1H3,(H,21,24). The third kappa shape index (κ3) is 3.47. The molecule has 1 aromatic heterocycles. The molecular weight excluding hydrogens is 404 g/mol. The van der Waals surface area contributed by atoms with Crippen molar-refractivity contribution in [3.8, 4) is 0 Å². The van der Waals surface area contributed by atoms with Crippen LogP contribution < -0.4 is 5.32 Å². The molecule has 1 amide bonds. The number of hydrogen-bond acceptors (Lipinski definition) is 2. The maximum absolute atomic E-state index is 13.1. The van der Waals surface area contributed by atoms with Gasteiger partial charge in [0, 0.05) is 16.6 Å². The first kappa shape index (κ1) is 17.4. The Kier molecular flexibility index (Phi) is 4.92. The van der Waals surface area contributed by atoms with Crippen LogP contribution in [0.15, 0.2) is 22.7 Å². The van der Waals surface area contributed by atoms with Gasteiger partial charge >= 0.3 is 0 Å². The van der Waals surface area contributed by atoms with Crippen molar-refractivity contribution in [2.45, 2.75) is 38.7 Å². The molecule has 128 valence electrons. The number of carbonyl (C=O) groups excluding carboxylic acids is 1. The van der Waals surface area contributed by atoms with Crippen molar-refractivity contribution in [2.24, 2.45) is 0 Å². The molecule has 1 aliphatic carbocycles. The molecular formula is C16H15BrClF2N3O. The van der Waals surface area contributed by atoms with E-state index in [1.807, 2.05) is 0 Å². The van der Waals surface area contributed by atoms with Gasteiger partial charge in [-0.3, -0.25) is 9.48 Å². The molecule has 0 radical (unpaired) electrons. The number of anilines is 1. The van der Waals surface area contributed by atoms with Gasteiger partial charge in [0.05, 0.1) is 10.2 Å². The van der Waals surface area contributed by atoms with Crippen LogP contribution in [-0.2, 0) is 11.3 Å². The molecule has 0 spiro atoms. The van der Waals surface area contributed by atoms with Gasteiger partial charge in [-0.15, -0.1) is 0 Å². The summed E-state index contributed by atoms with van der Waals surface area (Å²) < 4.78 is 27.8. The Bertz CT molecular complexity index is 790. The molecule has 0 saturated heterocycles. The fourth-order valence-corrected chi connectivity index (χ4v) is 3.50. The highest BCUT2D eigenvalue weighted by atomic mass is 79.9. The van der Waals surface area contributed by atoms with Crippen LogP contribution in [0, 0.1) is 6.92 Å². The number of aromatic nitrogens is 2. The van der Waals surface area contributed by atoms with Gasteiger partial charge in [0.15, 0.2) is 0 Å². The van der Waals surface area contributed by atoms with Crippen LogP contribution in [0.5, 0.6) is 0 Å². The van der Waals surface area contributed by atoms with Crippen molar-refractivity contribution < 1.29 is 13.6 Å². The van der Waals surface area contributed by atoms with Gasteiger partial charge in [0.2, 0.25) is 5.91 Å². The van der Waals surface area contributed by atoms with Gasteiger partial charge in [0.25, 0.3) is 6.43 Å². The number of hydrogen-bond donors (Lipinski definition) is 1. The number of carbonyl (C=O) groups is 1. The molecule has 8 heteroatoms. The van der Waals surface area contributed by atoms with Crippen molar-refractivity contribution in [2.75, 3.05) is 5.32 Å². The zero-order valence-electron chi connectivity index (χ0n) is 12.8. The molecule has 0 aliphatic heterocycles. The smallest absolute Gasteiger partial charge is 0.283 e. The Labute approximate surface area is 151 Å². The number of nitrogens with zero attached hydrogens (tertiary/aromatic N) is 2. The molecule has 1 heterocycles. The number of benzene rings is 1. The lowest BCUT2D eigenvalue weighted by Gasteiger charge is -2.11. The van der Waals surface area contributed by atoms with Crippen molar-refractivity contribution in [1.82, 2.24) is 9.78 Å². The molecule has 0 atom stereocenters. The summed E-state index contributed by atoms with van der Waals surface area (Å²) in [5, 5.41) is 7.23. The quantitative estimate of drug-likeness (QED) is 0.737. The van der Waals surface area contributed by atoms with Crippen molar-refractivity contribution in [3.05, 3.63) is 44.6 Å². The van der Waals surface area contributed by atoms with Gasteiger partial charge in [0.1, 0.15) is 12.2 Å². The molecule has 4 nitrogen and oxygen atoms in total. The molecule has 1 saturated carbocycles. The van der Waals surface area contributed by atoms with Crippen LogP contribution in [0.25, 0.3) is 0 Å². The van der Waals surface area contributed by atoms with Crippen LogP contribution in [0.3, 0.4) is 0 Å². The van der Waals surface area contributed by atoms with Crippen LogP contribution in [0.2, 0.25) is 5.02 Å². The Morgan fingerprint density at radius 2 is 2.21 bits per heavy atom. The molecule has 2 aromatic rings. The second-order valence-electron chi connectivity index (χ2n) is 5.78. The molecule has 0 unspecified atom stereocenters. The van der Waals surface area contributed by atoms with E-state index in [1.54, 1.807) is 25.1 Å². The molecule has 1 fully saturated rings. The molecule has 1 aromatic carbocycles. The summed E-state index contributed by atoms with van der Waals surface area (Å²) in [6.45, 7) is 1.68.